The van der Waals surface area contributed by atoms with E-state index in [-0.39, 0.29) is 14.6 Å². The third-order valence-electron chi connectivity index (χ3n) is 5.79. The maximum absolute atomic E-state index is 12.6. The predicted molar refractivity (Wildman–Crippen MR) is 114 cm³/mol. The first-order valence-corrected chi connectivity index (χ1v) is 11.8. The molecule has 0 saturated carbocycles. The molecule has 0 aromatic carbocycles. The van der Waals surface area contributed by atoms with Gasteiger partial charge in [0.15, 0.2) is 0 Å². The summed E-state index contributed by atoms with van der Waals surface area (Å²) in [6.07, 6.45) is 5.89. The average molecular weight is 450 g/mol. The lowest BCUT2D eigenvalue weighted by Gasteiger charge is -2.20. The third-order valence-corrected chi connectivity index (χ3v) is 8.29. The fourth-order valence-corrected chi connectivity index (χ4v) is 5.79. The molecule has 0 unspecified atom stereocenters. The summed E-state index contributed by atoms with van der Waals surface area (Å²) in [6, 6.07) is -0.676. The molecule has 2 aliphatic rings. The summed E-state index contributed by atoms with van der Waals surface area (Å²) in [7, 11) is -1.95. The van der Waals surface area contributed by atoms with Crippen molar-refractivity contribution in [1.82, 2.24) is 9.97 Å². The maximum Gasteiger partial charge on any atom is 0.322 e. The molecule has 3 N–H and O–H groups in total. The van der Waals surface area contributed by atoms with Crippen molar-refractivity contribution in [3.63, 3.8) is 0 Å². The van der Waals surface area contributed by atoms with Crippen molar-refractivity contribution in [2.24, 2.45) is 4.36 Å². The number of thiazole rings is 1. The Hall–Kier alpha value is -1.88. The van der Waals surface area contributed by atoms with Crippen LogP contribution in [0.25, 0.3) is 0 Å². The number of nitrogens with one attached hydrogen (secondary N) is 1. The lowest BCUT2D eigenvalue weighted by Crippen LogP contribution is -2.25. The van der Waals surface area contributed by atoms with E-state index in [0.29, 0.717) is 0 Å². The van der Waals surface area contributed by atoms with Gasteiger partial charge in [-0.25, -0.2) is 9.78 Å². The minimum absolute atomic E-state index is 0.0327. The lowest BCUT2D eigenvalue weighted by molar-refractivity contribution is -0.00244. The first-order chi connectivity index (χ1) is 14.1. The molecule has 10 heteroatoms. The molecule has 1 atom stereocenters. The van der Waals surface area contributed by atoms with Gasteiger partial charge in [-0.05, 0) is 54.4 Å². The zero-order chi connectivity index (χ0) is 21.7. The van der Waals surface area contributed by atoms with E-state index in [2.05, 4.69) is 28.5 Å². The summed E-state index contributed by atoms with van der Waals surface area (Å²) >= 11 is 0.956. The van der Waals surface area contributed by atoms with Gasteiger partial charge in [-0.2, -0.15) is 0 Å². The van der Waals surface area contributed by atoms with E-state index >= 15 is 0 Å². The fraction of sp³-hybridized carbons (Fsp3) is 0.550. The number of hydrogen-bond acceptors (Lipinski definition) is 8. The molecule has 8 nitrogen and oxygen atoms in total. The Balaban J connectivity index is 1.62. The van der Waals surface area contributed by atoms with E-state index in [1.807, 2.05) is 0 Å². The summed E-state index contributed by atoms with van der Waals surface area (Å²) in [4.78, 5) is 21.5. The highest BCUT2D eigenvalue weighted by Crippen LogP contribution is 2.44. The summed E-state index contributed by atoms with van der Waals surface area (Å²) < 4.78 is 16.6. The number of aryl methyl sites for hydroxylation is 1. The predicted octanol–water partition coefficient (Wildman–Crippen LogP) is 3.19. The lowest BCUT2D eigenvalue weighted by atomic mass is 9.90. The van der Waals surface area contributed by atoms with Gasteiger partial charge in [0.1, 0.15) is 10.6 Å². The van der Waals surface area contributed by atoms with Crippen molar-refractivity contribution < 1.29 is 19.2 Å². The minimum Gasteiger partial charge on any atom is -0.439 e. The molecule has 0 spiro atoms. The van der Waals surface area contributed by atoms with E-state index in [0.717, 1.165) is 71.6 Å². The van der Waals surface area contributed by atoms with Crippen LogP contribution in [0, 0.1) is 0 Å². The van der Waals surface area contributed by atoms with Crippen LogP contribution < -0.4 is 5.32 Å². The van der Waals surface area contributed by atoms with E-state index in [9.17, 15) is 19.2 Å². The molecule has 2 aliphatic carbocycles. The second-order valence-electron chi connectivity index (χ2n) is 8.66. The van der Waals surface area contributed by atoms with Crippen molar-refractivity contribution in [3.05, 3.63) is 33.7 Å². The minimum atomic E-state index is -1.95. The van der Waals surface area contributed by atoms with Gasteiger partial charge in [-0.3, -0.25) is 4.98 Å². The monoisotopic (exact) mass is 449 g/mol. The highest BCUT2D eigenvalue weighted by atomic mass is 32.2. The number of hydrogen-bond donors (Lipinski definition) is 3. The van der Waals surface area contributed by atoms with Crippen molar-refractivity contribution in [2.45, 2.75) is 68.1 Å². The molecule has 0 bridgehead atoms. The number of aromatic nitrogens is 2. The summed E-state index contributed by atoms with van der Waals surface area (Å²) in [6.45, 7) is 5.23. The molecule has 0 aliphatic heterocycles. The van der Waals surface area contributed by atoms with Gasteiger partial charge in [0.25, 0.3) is 0 Å². The summed E-state index contributed by atoms with van der Waals surface area (Å²) in [5.74, 6) is 0. The van der Waals surface area contributed by atoms with Gasteiger partial charge in [0.05, 0.1) is 18.0 Å². The molecular weight excluding hydrogens is 424 g/mol. The van der Waals surface area contributed by atoms with Crippen LogP contribution in [0.15, 0.2) is 14.8 Å². The van der Waals surface area contributed by atoms with Gasteiger partial charge in [-0.15, -0.1) is 21.9 Å². The van der Waals surface area contributed by atoms with Crippen LogP contribution in [0.4, 0.5) is 10.5 Å². The van der Waals surface area contributed by atoms with Crippen LogP contribution in [-0.4, -0.2) is 32.8 Å². The number of anilines is 1. The standard InChI is InChI=1S/C20H25N4O4S2/c1-19(2)8-7-12-15(11-5-4-6-13(11)22-16(12)19)23-18(26)24-30(28)14-9-21-17(29-14)20(3,27)10-25/h9,25,27H,4-8,10H2,1-3H3,(H,22,23,26)/q-1/t20-/m1/s1. The van der Waals surface area contributed by atoms with E-state index in [1.165, 1.54) is 13.1 Å². The molecule has 0 saturated heterocycles. The molecular formula is C20H25N4O4S2-. The van der Waals surface area contributed by atoms with Crippen LogP contribution in [0.5, 0.6) is 0 Å². The van der Waals surface area contributed by atoms with Gasteiger partial charge < -0.3 is 24.1 Å². The van der Waals surface area contributed by atoms with Crippen LogP contribution in [0.3, 0.4) is 0 Å². The number of fused-ring (bicyclic) bond motifs is 2. The van der Waals surface area contributed by atoms with Crippen molar-refractivity contribution in [3.8, 4) is 0 Å². The normalized spacial score (nSPS) is 19.9. The van der Waals surface area contributed by atoms with Crippen LogP contribution >= 0.6 is 11.3 Å². The molecule has 2 aromatic heterocycles. The molecule has 2 amide bonds. The topological polar surface area (TPSA) is 125 Å². The molecule has 2 heterocycles. The van der Waals surface area contributed by atoms with Gasteiger partial charge >= 0.3 is 6.03 Å². The fourth-order valence-electron chi connectivity index (χ4n) is 4.04. The Morgan fingerprint density at radius 2 is 2.13 bits per heavy atom. The number of rotatable bonds is 4. The number of nitrogens with zero attached hydrogens (tertiary/aromatic N) is 3. The number of amides is 2. The quantitative estimate of drug-likeness (QED) is 0.616. The van der Waals surface area contributed by atoms with Gasteiger partial charge in [-0.1, -0.05) is 13.8 Å². The highest BCUT2D eigenvalue weighted by molar-refractivity contribution is 7.78. The Bertz CT molecular complexity index is 1100. The second kappa shape index (κ2) is 7.67. The molecule has 162 valence electrons. The SMILES string of the molecule is CC1(C)CCc2c1nc1c(c2NC(=O)/N=[S-](=O)/c2cnc([C@](C)(O)CO)s2)CCC1. The Kier molecular flexibility index (Phi) is 5.46. The highest BCUT2D eigenvalue weighted by Gasteiger charge is 2.36. The first kappa shape index (κ1) is 21.4. The Morgan fingerprint density at radius 1 is 1.37 bits per heavy atom. The van der Waals surface area contributed by atoms with Crippen LogP contribution in [0.2, 0.25) is 0 Å². The van der Waals surface area contributed by atoms with Crippen LogP contribution in [-0.2, 0) is 45.1 Å². The number of aliphatic hydroxyl groups excluding tert-OH is 1. The summed E-state index contributed by atoms with van der Waals surface area (Å²) in [5, 5.41) is 22.4. The average Bonchev–Trinajstić information content (AvgIpc) is 3.41. The largest absolute Gasteiger partial charge is 0.439 e. The zero-order valence-electron chi connectivity index (χ0n) is 17.2. The number of pyridine rings is 1. The second-order valence-corrected chi connectivity index (χ2v) is 11.1. The van der Waals surface area contributed by atoms with E-state index in [1.54, 1.807) is 0 Å². The first-order valence-electron chi connectivity index (χ1n) is 9.91. The molecule has 4 rings (SSSR count). The van der Waals surface area contributed by atoms with Gasteiger partial charge in [0.2, 0.25) is 0 Å². The maximum atomic E-state index is 12.6. The zero-order valence-corrected chi connectivity index (χ0v) is 18.8. The molecule has 0 radical (unpaired) electrons. The smallest absolute Gasteiger partial charge is 0.322 e. The van der Waals surface area contributed by atoms with Crippen molar-refractivity contribution >= 4 is 33.7 Å². The number of aliphatic hydroxyl groups is 2. The molecule has 30 heavy (non-hydrogen) atoms. The van der Waals surface area contributed by atoms with Crippen LogP contribution in [0.1, 0.15) is 61.1 Å². The van der Waals surface area contributed by atoms with Crippen molar-refractivity contribution in [1.29, 1.82) is 0 Å². The Morgan fingerprint density at radius 3 is 2.87 bits per heavy atom. The number of carbonyl (C=O) groups is 1. The van der Waals surface area contributed by atoms with Gasteiger partial charge in [0, 0.05) is 17.3 Å². The van der Waals surface area contributed by atoms with Crippen molar-refractivity contribution in [2.75, 3.05) is 11.9 Å². The number of urea groups is 1. The van der Waals surface area contributed by atoms with E-state index < -0.39 is 28.8 Å². The number of carbonyl (C=O) groups excluding carboxylic acids is 1. The third kappa shape index (κ3) is 3.77. The Labute approximate surface area is 181 Å². The van der Waals surface area contributed by atoms with E-state index in [4.69, 9.17) is 4.98 Å². The molecule has 0 fully saturated rings. The molecule has 2 aromatic rings. The summed E-state index contributed by atoms with van der Waals surface area (Å²) in [5.41, 5.74) is 3.44.